The number of rotatable bonds is 51. The number of carbonyl (C=O) groups excluding carboxylic acids is 16. The Labute approximate surface area is 823 Å². The minimum Gasteiger partial charge on any atom is -0.508 e. The zero-order valence-electron chi connectivity index (χ0n) is 80.1. The van der Waals surface area contributed by atoms with Crippen LogP contribution >= 0.6 is 0 Å². The van der Waals surface area contributed by atoms with E-state index in [0.717, 1.165) is 16.5 Å². The van der Waals surface area contributed by atoms with Crippen molar-refractivity contribution in [3.05, 3.63) is 153 Å². The number of unbranched alkanes of at least 4 members (excludes halogenated alkanes) is 2. The van der Waals surface area contributed by atoms with Gasteiger partial charge in [0.1, 0.15) is 95.7 Å². The van der Waals surface area contributed by atoms with E-state index in [4.69, 9.17) is 41.3 Å². The number of amides is 13. The molecule has 44 nitrogen and oxygen atoms in total. The Balaban J connectivity index is 0.00000348. The van der Waals surface area contributed by atoms with Gasteiger partial charge in [-0.15, -0.1) is 0 Å². The number of nitrogens with one attached hydrogen (secondary N) is 12. The molecule has 9 rings (SSSR count). The Morgan fingerprint density at radius 1 is 0.576 bits per heavy atom. The third kappa shape index (κ3) is 32.2. The fourth-order valence-electron chi connectivity index (χ4n) is 16.6. The number of benzene rings is 5. The number of phenols is 3. The topological polar surface area (TPSA) is 723 Å². The lowest BCUT2D eigenvalue weighted by Gasteiger charge is -2.43. The second-order valence-electron chi connectivity index (χ2n) is 35.9. The summed E-state index contributed by atoms with van der Waals surface area (Å²) in [5.74, 6) is -20.7. The van der Waals surface area contributed by atoms with Crippen LogP contribution in [0.4, 0.5) is 13.2 Å². The third-order valence-electron chi connectivity index (χ3n) is 24.4. The van der Waals surface area contributed by atoms with Crippen LogP contribution in [0.25, 0.3) is 10.9 Å². The van der Waals surface area contributed by atoms with Crippen molar-refractivity contribution in [3.8, 4) is 23.0 Å². The van der Waals surface area contributed by atoms with Crippen molar-refractivity contribution in [2.45, 2.75) is 273 Å². The van der Waals surface area contributed by atoms with E-state index in [-0.39, 0.29) is 123 Å². The number of Topliss-reactive ketones (excluding diaryl/α,β-unsaturated/α-hetero) is 1. The lowest BCUT2D eigenvalue weighted by Crippen LogP contribution is -2.60. The SMILES string of the molecule is CCCC[C@@H](NC(=O)[C@@H](N)Cc1c[nH]c2ccccc12)C(=O)N[C@@H](CCC(=O)O)C(=O)N[C@@H](C)C(=O)N[C@@H](C)C(=O)N[C@@H](Cc1ccc(O)cc1)C(=O)N[C@@H](CCC(N)=O)C(=O)N[C@H](CCCCNC(=O)CCCC(=O)N[C@H]1C[C@H](O[C@H]2C[C@](O)(C(=O)CO)Cc3c(O)c4c(c(O)c32)C(=O)c2c(OC)cccc2C4=O)O[C@@H](C)[C@H]1O)C(=O)N[C@@H](Cc1ccccc1)C(=O)N[C@@H](CC(C)C)C(N)=O.O=C(O)C(F)(F)F. The van der Waals surface area contributed by atoms with Gasteiger partial charge in [-0.3, -0.25) is 81.5 Å². The number of hydrogen-bond donors (Lipinski definition) is 23. The summed E-state index contributed by atoms with van der Waals surface area (Å²) in [4.78, 5) is 247. The van der Waals surface area contributed by atoms with Crippen molar-refractivity contribution in [1.82, 2.24) is 63.5 Å². The van der Waals surface area contributed by atoms with Gasteiger partial charge in [0.25, 0.3) is 0 Å². The predicted molar refractivity (Wildman–Crippen MR) is 504 cm³/mol. The van der Waals surface area contributed by atoms with Gasteiger partial charge in [0.05, 0.1) is 48.1 Å². The molecule has 0 bridgehead atoms. The molecule has 1 saturated heterocycles. The minimum absolute atomic E-state index is 0.0177. The first-order chi connectivity index (χ1) is 68.0. The molecule has 2 heterocycles. The monoisotopic (exact) mass is 2020 g/mol. The average molecular weight is 2020 g/mol. The highest BCUT2D eigenvalue weighted by Gasteiger charge is 2.51. The Morgan fingerprint density at radius 2 is 1.09 bits per heavy atom. The van der Waals surface area contributed by atoms with Crippen LogP contribution in [-0.4, -0.2) is 269 Å². The maximum Gasteiger partial charge on any atom is 0.490 e. The molecule has 1 aliphatic heterocycles. The van der Waals surface area contributed by atoms with Gasteiger partial charge in [0, 0.05) is 98.1 Å². The maximum atomic E-state index is 15.0. The number of aliphatic hydroxyl groups excluding tert-OH is 2. The van der Waals surface area contributed by atoms with Gasteiger partial charge < -0.3 is 136 Å². The lowest BCUT2D eigenvalue weighted by atomic mass is 9.72. The summed E-state index contributed by atoms with van der Waals surface area (Å²) >= 11 is 0. The van der Waals surface area contributed by atoms with E-state index in [1.54, 1.807) is 50.4 Å². The van der Waals surface area contributed by atoms with Gasteiger partial charge >= 0.3 is 18.1 Å². The Bertz CT molecular complexity index is 5670. The standard InChI is InChI=1S/C95H123N15O27.C2HF3O2/c1-8-9-23-60(104-88(127)58(96)41-53-45-100-59-24-14-13-21-55(53)59)90(129)106-63(34-36-74(117)118)89(128)102-48(4)86(125)101-49(5)87(126)109-66(40-52-29-31-54(112)32-30-52)93(132)107-62(33-35-71(97)114)92(131)105-61(91(130)110-67(39-51-19-11-10-12-20-51)94(133)108-65(85(98)124)38-47(2)3)25-15-16-37-99-72(115)27-18-28-73(116)103-64-42-75(136-50(6)80(64)119)137-69-44-95(134,70(113)46-111)43-57-77(69)84(123)79-78(82(57)121)81(120)56-22-17-26-68(135-7)76(56)83(79)122;3-2(4,5)1(6)7/h10-14,17,19-22,24,26,29-32,45,47-50,58,60-67,69,75,80,100,111-112,119,121,123,134H,8-9,15-16,18,23,25,27-28,33-44,46,96H2,1-7H3,(H2,97,114)(H2,98,124)(H,99,115)(H,101,125)(H,102,128)(H,103,116)(H,104,127)(H,105,131)(H,106,129)(H,107,132)(H,108,133)(H,109,126)(H,110,130)(H,117,118);(H,6,7)/t48-,49-,50-,58-,60+,61+,62-,63-,64-,65-,66-,67-,69-,75-,80+,95-;/m0./s1. The molecule has 1 aromatic heterocycles. The Hall–Kier alpha value is -14.6. The summed E-state index contributed by atoms with van der Waals surface area (Å²) in [6.07, 6.45) is -12.8. The molecule has 47 heteroatoms. The number of aromatic amines is 1. The number of carboxylic acid groups (broad SMARTS) is 2. The van der Waals surface area contributed by atoms with Crippen LogP contribution < -0.4 is 80.4 Å². The first-order valence-electron chi connectivity index (χ1n) is 46.7. The van der Waals surface area contributed by atoms with Crippen molar-refractivity contribution in [2.24, 2.45) is 23.1 Å². The molecule has 16 atom stereocenters. The number of methoxy groups -OCH3 is 1. The number of fused-ring (bicyclic) bond motifs is 4. The quantitative estimate of drug-likeness (QED) is 0.0185. The van der Waals surface area contributed by atoms with Gasteiger partial charge in [-0.05, 0) is 125 Å². The van der Waals surface area contributed by atoms with Crippen LogP contribution in [0.1, 0.15) is 210 Å². The molecule has 26 N–H and O–H groups in total. The highest BCUT2D eigenvalue weighted by Crippen LogP contribution is 2.53. The maximum absolute atomic E-state index is 15.0. The van der Waals surface area contributed by atoms with Crippen LogP contribution in [0.5, 0.6) is 23.0 Å². The number of ketones is 3. The van der Waals surface area contributed by atoms with Crippen molar-refractivity contribution in [3.63, 3.8) is 0 Å². The molecule has 0 unspecified atom stereocenters. The second-order valence-corrected chi connectivity index (χ2v) is 35.9. The van der Waals surface area contributed by atoms with Crippen molar-refractivity contribution >= 4 is 117 Å². The number of carboxylic acids is 2. The molecule has 2 aliphatic carbocycles. The molecular formula is C97H124F3N15O29. The normalized spacial score (nSPS) is 18.4. The van der Waals surface area contributed by atoms with Gasteiger partial charge in [-0.1, -0.05) is 106 Å². The molecule has 0 saturated carbocycles. The van der Waals surface area contributed by atoms with Crippen LogP contribution in [-0.2, 0) is 112 Å². The largest absolute Gasteiger partial charge is 0.508 e. The Kier molecular flexibility index (Phi) is 42.2. The number of H-pyrrole nitrogens is 1. The third-order valence-corrected chi connectivity index (χ3v) is 24.4. The Morgan fingerprint density at radius 3 is 1.66 bits per heavy atom. The number of para-hydroxylation sites is 1. The number of aromatic hydroxyl groups is 3. The zero-order chi connectivity index (χ0) is 106. The number of primary amides is 2. The first kappa shape index (κ1) is 115. The summed E-state index contributed by atoms with van der Waals surface area (Å²) in [6, 6.07) is 9.48. The number of alkyl halides is 3. The smallest absolute Gasteiger partial charge is 0.490 e. The van der Waals surface area contributed by atoms with Gasteiger partial charge in [0.2, 0.25) is 82.6 Å². The fraction of sp³-hybridized carbons (Fsp3) is 0.485. The predicted octanol–water partition coefficient (Wildman–Crippen LogP) is 0.746. The molecule has 0 spiro atoms. The summed E-state index contributed by atoms with van der Waals surface area (Å²) < 4.78 is 49.4. The number of nitrogens with two attached hydrogens (primary N) is 3. The molecule has 6 aromatic rings. The minimum atomic E-state index is -5.08. The van der Waals surface area contributed by atoms with Gasteiger partial charge in [-0.2, -0.15) is 13.2 Å². The molecule has 13 amide bonds. The van der Waals surface area contributed by atoms with E-state index in [1.807, 2.05) is 31.2 Å². The van der Waals surface area contributed by atoms with E-state index in [1.165, 1.54) is 70.3 Å². The molecule has 144 heavy (non-hydrogen) atoms. The average Bonchev–Trinajstić information content (AvgIpc) is 0.758. The van der Waals surface area contributed by atoms with Gasteiger partial charge in [-0.25, -0.2) is 4.79 Å². The molecular weight excluding hydrogens is 1900 g/mol. The van der Waals surface area contributed by atoms with Crippen LogP contribution in [0.15, 0.2) is 103 Å². The van der Waals surface area contributed by atoms with E-state index in [2.05, 4.69) is 63.5 Å². The molecule has 0 radical (unpaired) electrons. The van der Waals surface area contributed by atoms with Crippen molar-refractivity contribution in [1.29, 1.82) is 0 Å². The van der Waals surface area contributed by atoms with Crippen LogP contribution in [0.2, 0.25) is 0 Å². The number of carbonyl (C=O) groups is 18. The number of aliphatic carboxylic acids is 2. The van der Waals surface area contributed by atoms with E-state index >= 15 is 0 Å². The zero-order valence-corrected chi connectivity index (χ0v) is 80.1. The number of halogens is 3. The number of hydrogen-bond acceptors (Lipinski definition) is 28. The van der Waals surface area contributed by atoms with E-state index in [0.29, 0.717) is 24.0 Å². The number of aliphatic hydroxyl groups is 3. The van der Waals surface area contributed by atoms with E-state index in [9.17, 15) is 130 Å². The molecule has 5 aromatic carbocycles. The summed E-state index contributed by atoms with van der Waals surface area (Å²) in [6.45, 7) is 8.06. The molecule has 1 fully saturated rings. The van der Waals surface area contributed by atoms with Crippen LogP contribution in [0.3, 0.4) is 0 Å². The highest BCUT2D eigenvalue weighted by atomic mass is 19.4. The highest BCUT2D eigenvalue weighted by molar-refractivity contribution is 6.31. The van der Waals surface area contributed by atoms with Crippen molar-refractivity contribution in [2.75, 3.05) is 20.3 Å². The molecule has 3 aliphatic rings. The molecule has 782 valence electrons. The first-order valence-corrected chi connectivity index (χ1v) is 46.7. The summed E-state index contributed by atoms with van der Waals surface area (Å²) in [7, 11) is 1.26. The fourth-order valence-corrected chi connectivity index (χ4v) is 16.6. The number of aromatic nitrogens is 1. The van der Waals surface area contributed by atoms with Crippen LogP contribution in [0, 0.1) is 5.92 Å². The van der Waals surface area contributed by atoms with Gasteiger partial charge in [0.15, 0.2) is 17.9 Å². The second kappa shape index (κ2) is 53.0. The van der Waals surface area contributed by atoms with E-state index < -0.39 is 277 Å². The number of ether oxygens (including phenoxy) is 3. The summed E-state index contributed by atoms with van der Waals surface area (Å²) in [5, 5.41) is 113. The lowest BCUT2D eigenvalue weighted by molar-refractivity contribution is -0.249. The summed E-state index contributed by atoms with van der Waals surface area (Å²) in [5.41, 5.74) is 15.4. The number of phenolic OH excluding ortho intramolecular Hbond substituents is 3. The van der Waals surface area contributed by atoms with Crippen molar-refractivity contribution < 1.29 is 155 Å².